The Kier molecular flexibility index (Phi) is 4.10. The number of nitrogens with zero attached hydrogens (tertiary/aromatic N) is 2. The molecule has 5 heteroatoms. The molecule has 1 fully saturated rings. The fourth-order valence-electron chi connectivity index (χ4n) is 3.05. The van der Waals surface area contributed by atoms with E-state index in [4.69, 9.17) is 5.11 Å². The van der Waals surface area contributed by atoms with Crippen LogP contribution in [0.4, 0.5) is 0 Å². The highest BCUT2D eigenvalue weighted by molar-refractivity contribution is 5.95. The van der Waals surface area contributed by atoms with Gasteiger partial charge >= 0.3 is 5.97 Å². The molecule has 1 unspecified atom stereocenters. The molecule has 1 aromatic heterocycles. The van der Waals surface area contributed by atoms with Gasteiger partial charge in [-0.3, -0.25) is 4.79 Å². The normalized spacial score (nSPS) is 17.3. The van der Waals surface area contributed by atoms with Gasteiger partial charge in [-0.05, 0) is 37.5 Å². The van der Waals surface area contributed by atoms with Gasteiger partial charge in [0, 0.05) is 12.7 Å². The van der Waals surface area contributed by atoms with Gasteiger partial charge in [-0.25, -0.2) is 9.78 Å². The first-order valence-corrected chi connectivity index (χ1v) is 7.63. The minimum atomic E-state index is -1.09. The summed E-state index contributed by atoms with van der Waals surface area (Å²) in [4.78, 5) is 29.3. The number of hydrogen-bond acceptors (Lipinski definition) is 3. The number of benzene rings is 1. The summed E-state index contributed by atoms with van der Waals surface area (Å²) in [7, 11) is 0. The van der Waals surface area contributed by atoms with Crippen LogP contribution in [-0.2, 0) is 0 Å². The second-order valence-electron chi connectivity index (χ2n) is 5.81. The number of carbonyl (C=O) groups excluding carboxylic acids is 1. The number of rotatable bonds is 3. The number of likely N-dealkylation sites (tertiary alicyclic amines) is 1. The second kappa shape index (κ2) is 6.20. The zero-order valence-corrected chi connectivity index (χ0v) is 12.9. The molecule has 1 N–H and O–H groups in total. The largest absolute Gasteiger partial charge is 0.477 e. The first-order valence-electron chi connectivity index (χ1n) is 7.63. The Bertz CT molecular complexity index is 740. The number of pyridine rings is 1. The number of carboxylic acids is 1. The van der Waals surface area contributed by atoms with Gasteiger partial charge in [0.05, 0.1) is 11.6 Å². The molecule has 3 rings (SSSR count). The first-order chi connectivity index (χ1) is 11.1. The smallest absolute Gasteiger partial charge is 0.354 e. The summed E-state index contributed by atoms with van der Waals surface area (Å²) < 4.78 is 0. The highest BCUT2D eigenvalue weighted by atomic mass is 16.4. The van der Waals surface area contributed by atoms with Gasteiger partial charge in [0.1, 0.15) is 5.69 Å². The monoisotopic (exact) mass is 310 g/mol. The van der Waals surface area contributed by atoms with Crippen LogP contribution in [0.1, 0.15) is 50.9 Å². The van der Waals surface area contributed by atoms with Gasteiger partial charge in [0.25, 0.3) is 5.91 Å². The Balaban J connectivity index is 1.84. The minimum absolute atomic E-state index is 0.0572. The standard InChI is InChI=1S/C18H18N2O3/c1-12-4-2-5-13(10-12)16-6-3-9-20(16)17(21)14-7-8-15(18(22)23)19-11-14/h2,4-5,7-8,10-11,16H,3,6,9H2,1H3,(H,22,23). The van der Waals surface area contributed by atoms with E-state index in [-0.39, 0.29) is 17.6 Å². The number of aromatic nitrogens is 1. The summed E-state index contributed by atoms with van der Waals surface area (Å²) in [6.07, 6.45) is 3.25. The third kappa shape index (κ3) is 3.08. The fourth-order valence-corrected chi connectivity index (χ4v) is 3.05. The third-order valence-electron chi connectivity index (χ3n) is 4.17. The van der Waals surface area contributed by atoms with E-state index in [2.05, 4.69) is 17.1 Å². The SMILES string of the molecule is Cc1cccc(C2CCCN2C(=O)c2ccc(C(=O)O)nc2)c1. The van der Waals surface area contributed by atoms with Gasteiger partial charge < -0.3 is 10.0 Å². The van der Waals surface area contributed by atoms with Crippen LogP contribution in [-0.4, -0.2) is 33.4 Å². The summed E-state index contributed by atoms with van der Waals surface area (Å²) >= 11 is 0. The van der Waals surface area contributed by atoms with E-state index in [0.717, 1.165) is 18.4 Å². The molecule has 1 aliphatic heterocycles. The third-order valence-corrected chi connectivity index (χ3v) is 4.17. The predicted octanol–water partition coefficient (Wildman–Crippen LogP) is 3.07. The summed E-state index contributed by atoms with van der Waals surface area (Å²) in [5, 5.41) is 8.88. The van der Waals surface area contributed by atoms with Crippen molar-refractivity contribution in [3.63, 3.8) is 0 Å². The lowest BCUT2D eigenvalue weighted by atomic mass is 10.0. The fraction of sp³-hybridized carbons (Fsp3) is 0.278. The van der Waals surface area contributed by atoms with Crippen LogP contribution in [0, 0.1) is 6.92 Å². The van der Waals surface area contributed by atoms with Crippen LogP contribution in [0.15, 0.2) is 42.6 Å². The molecule has 0 spiro atoms. The van der Waals surface area contributed by atoms with Crippen LogP contribution in [0.5, 0.6) is 0 Å². The number of aryl methyl sites for hydroxylation is 1. The van der Waals surface area contributed by atoms with Crippen LogP contribution in [0.2, 0.25) is 0 Å². The lowest BCUT2D eigenvalue weighted by molar-refractivity contribution is 0.0685. The Labute approximate surface area is 134 Å². The number of carbonyl (C=O) groups is 2. The molecule has 1 aromatic carbocycles. The van der Waals surface area contributed by atoms with Gasteiger partial charge in [-0.1, -0.05) is 29.8 Å². The quantitative estimate of drug-likeness (QED) is 0.946. The van der Waals surface area contributed by atoms with Crippen LogP contribution in [0.3, 0.4) is 0 Å². The van der Waals surface area contributed by atoms with Crippen molar-refractivity contribution in [1.29, 1.82) is 0 Å². The number of hydrogen-bond donors (Lipinski definition) is 1. The maximum absolute atomic E-state index is 12.7. The number of aromatic carboxylic acids is 1. The van der Waals surface area contributed by atoms with Gasteiger partial charge in [-0.2, -0.15) is 0 Å². The lowest BCUT2D eigenvalue weighted by Crippen LogP contribution is -2.30. The minimum Gasteiger partial charge on any atom is -0.477 e. The Morgan fingerprint density at radius 3 is 2.74 bits per heavy atom. The van der Waals surface area contributed by atoms with Crippen LogP contribution < -0.4 is 0 Å². The molecule has 0 radical (unpaired) electrons. The summed E-state index contributed by atoms with van der Waals surface area (Å²) in [5.74, 6) is -1.19. The second-order valence-corrected chi connectivity index (χ2v) is 5.81. The van der Waals surface area contributed by atoms with Crippen molar-refractivity contribution in [3.05, 3.63) is 65.0 Å². The molecule has 1 saturated heterocycles. The van der Waals surface area contributed by atoms with Gasteiger partial charge in [0.2, 0.25) is 0 Å². The number of amides is 1. The Morgan fingerprint density at radius 1 is 1.26 bits per heavy atom. The molecule has 23 heavy (non-hydrogen) atoms. The van der Waals surface area contributed by atoms with Crippen LogP contribution >= 0.6 is 0 Å². The molecule has 1 amide bonds. The van der Waals surface area contributed by atoms with Gasteiger partial charge in [-0.15, -0.1) is 0 Å². The topological polar surface area (TPSA) is 70.5 Å². The molecule has 118 valence electrons. The van der Waals surface area contributed by atoms with E-state index in [1.165, 1.54) is 23.9 Å². The molecule has 1 aliphatic rings. The Morgan fingerprint density at radius 2 is 2.09 bits per heavy atom. The molecule has 2 heterocycles. The van der Waals surface area contributed by atoms with Crippen LogP contribution in [0.25, 0.3) is 0 Å². The molecule has 2 aromatic rings. The van der Waals surface area contributed by atoms with Crippen molar-refractivity contribution >= 4 is 11.9 Å². The molecule has 0 aliphatic carbocycles. The average Bonchev–Trinajstić information content (AvgIpc) is 3.04. The summed E-state index contributed by atoms with van der Waals surface area (Å²) in [6, 6.07) is 11.2. The number of carboxylic acid groups (broad SMARTS) is 1. The predicted molar refractivity (Wildman–Crippen MR) is 85.4 cm³/mol. The van der Waals surface area contributed by atoms with Crippen molar-refractivity contribution in [2.24, 2.45) is 0 Å². The van der Waals surface area contributed by atoms with E-state index < -0.39 is 5.97 Å². The van der Waals surface area contributed by atoms with Crippen molar-refractivity contribution in [2.75, 3.05) is 6.54 Å². The maximum Gasteiger partial charge on any atom is 0.354 e. The highest BCUT2D eigenvalue weighted by Crippen LogP contribution is 2.33. The zero-order valence-electron chi connectivity index (χ0n) is 12.9. The van der Waals surface area contributed by atoms with Crippen molar-refractivity contribution in [1.82, 2.24) is 9.88 Å². The highest BCUT2D eigenvalue weighted by Gasteiger charge is 2.30. The molecular weight excluding hydrogens is 292 g/mol. The van der Waals surface area contributed by atoms with E-state index in [9.17, 15) is 9.59 Å². The molecular formula is C18H18N2O3. The summed E-state index contributed by atoms with van der Waals surface area (Å²) in [5.41, 5.74) is 2.69. The van der Waals surface area contributed by atoms with Crippen molar-refractivity contribution in [2.45, 2.75) is 25.8 Å². The van der Waals surface area contributed by atoms with E-state index in [1.54, 1.807) is 0 Å². The van der Waals surface area contributed by atoms with E-state index >= 15 is 0 Å². The molecule has 1 atom stereocenters. The van der Waals surface area contributed by atoms with Crippen molar-refractivity contribution in [3.8, 4) is 0 Å². The van der Waals surface area contributed by atoms with E-state index in [0.29, 0.717) is 12.1 Å². The zero-order chi connectivity index (χ0) is 16.4. The average molecular weight is 310 g/mol. The van der Waals surface area contributed by atoms with Gasteiger partial charge in [0.15, 0.2) is 0 Å². The first kappa shape index (κ1) is 15.2. The molecule has 0 bridgehead atoms. The van der Waals surface area contributed by atoms with E-state index in [1.807, 2.05) is 24.0 Å². The Hall–Kier alpha value is -2.69. The summed E-state index contributed by atoms with van der Waals surface area (Å²) in [6.45, 7) is 2.75. The van der Waals surface area contributed by atoms with Crippen molar-refractivity contribution < 1.29 is 14.7 Å². The molecule has 5 nitrogen and oxygen atoms in total. The molecule has 0 saturated carbocycles. The maximum atomic E-state index is 12.7. The lowest BCUT2D eigenvalue weighted by Gasteiger charge is -2.25.